The Bertz CT molecular complexity index is 2770. The van der Waals surface area contributed by atoms with E-state index in [2.05, 4.69) is 170 Å². The summed E-state index contributed by atoms with van der Waals surface area (Å²) in [5, 5.41) is 5.70. The normalized spacial score (nSPS) is 14.5. The molecule has 0 amide bonds. The third-order valence-electron chi connectivity index (χ3n) is 11.4. The van der Waals surface area contributed by atoms with E-state index in [1.165, 1.54) is 54.4 Å². The fourth-order valence-corrected chi connectivity index (χ4v) is 9.79. The predicted molar refractivity (Wildman–Crippen MR) is 217 cm³/mol. The van der Waals surface area contributed by atoms with Gasteiger partial charge in [0.05, 0.1) is 22.7 Å². The number of hydrogen-bond donors (Lipinski definition) is 0. The zero-order valence-electron chi connectivity index (χ0n) is 28.3. The molecule has 6 heteroatoms. The lowest BCUT2D eigenvalue weighted by Gasteiger charge is -2.42. The smallest absolute Gasteiger partial charge is 0.290 e. The maximum absolute atomic E-state index is 6.97. The van der Waals surface area contributed by atoms with E-state index < -0.39 is 0 Å². The van der Waals surface area contributed by atoms with Gasteiger partial charge in [-0.2, -0.15) is 0 Å². The van der Waals surface area contributed by atoms with Gasteiger partial charge in [0.2, 0.25) is 0 Å². The summed E-state index contributed by atoms with van der Waals surface area (Å²) in [4.78, 5) is 2.42. The number of para-hydroxylation sites is 4. The Hall–Kier alpha value is -5.71. The minimum atomic E-state index is -0.138. The second-order valence-corrected chi connectivity index (χ2v) is 15.4. The number of thiophene rings is 1. The van der Waals surface area contributed by atoms with Gasteiger partial charge in [0, 0.05) is 26.6 Å². The highest BCUT2D eigenvalue weighted by molar-refractivity contribution is 7.17. The van der Waals surface area contributed by atoms with Gasteiger partial charge in [-0.3, -0.25) is 0 Å². The van der Waals surface area contributed by atoms with Crippen LogP contribution in [0.1, 0.15) is 25.0 Å². The Morgan fingerprint density at radius 2 is 1.08 bits per heavy atom. The largest absolute Gasteiger partial charge is 0.471 e. The molecule has 0 bridgehead atoms. The molecule has 2 aliphatic heterocycles. The van der Waals surface area contributed by atoms with Crippen molar-refractivity contribution in [2.24, 2.45) is 0 Å². The molecule has 3 nitrogen and oxygen atoms in total. The molecule has 3 aromatic heterocycles. The van der Waals surface area contributed by atoms with Crippen LogP contribution in [-0.4, -0.2) is 13.4 Å². The summed E-state index contributed by atoms with van der Waals surface area (Å²) in [6.45, 7) is 4.42. The standard InChI is InChI=1S/C45H31B2NO2S/c1-45(2)34-13-5-7-15-36(34)48(37-16-8-6-14-35(37)45)31-22-19-29(20-23-31)46-41-32-11-3-9-17-38(32)50-44(41)47(30-21-24-40-28(27-30)25-26-51-40)42-33-12-4-10-18-39(33)49-43(42)46/h3-27H,1-2H3. The molecule has 0 unspecified atom stereocenters. The zero-order chi connectivity index (χ0) is 33.8. The molecule has 11 rings (SSSR count). The highest BCUT2D eigenvalue weighted by atomic mass is 32.1. The zero-order valence-corrected chi connectivity index (χ0v) is 29.1. The van der Waals surface area contributed by atoms with Crippen LogP contribution in [0.25, 0.3) is 32.0 Å². The average Bonchev–Trinajstić information content (AvgIpc) is 3.90. The third kappa shape index (κ3) is 4.08. The van der Waals surface area contributed by atoms with Crippen LogP contribution in [0.3, 0.4) is 0 Å². The van der Waals surface area contributed by atoms with Crippen molar-refractivity contribution in [1.29, 1.82) is 0 Å². The van der Waals surface area contributed by atoms with Gasteiger partial charge in [-0.25, -0.2) is 0 Å². The summed E-state index contributed by atoms with van der Waals surface area (Å²) in [6.07, 6.45) is 0. The van der Waals surface area contributed by atoms with E-state index in [1.807, 2.05) is 0 Å². The van der Waals surface area contributed by atoms with E-state index in [9.17, 15) is 0 Å². The highest BCUT2D eigenvalue weighted by Crippen LogP contribution is 2.51. The third-order valence-corrected chi connectivity index (χ3v) is 12.3. The van der Waals surface area contributed by atoms with E-state index in [0.29, 0.717) is 0 Å². The summed E-state index contributed by atoms with van der Waals surface area (Å²) >= 11 is 1.78. The average molecular weight is 671 g/mol. The van der Waals surface area contributed by atoms with E-state index in [-0.39, 0.29) is 18.8 Å². The molecule has 0 N–H and O–H groups in total. The molecule has 6 aromatic carbocycles. The van der Waals surface area contributed by atoms with Crippen LogP contribution >= 0.6 is 11.3 Å². The van der Waals surface area contributed by atoms with Crippen LogP contribution in [0.2, 0.25) is 0 Å². The van der Waals surface area contributed by atoms with Gasteiger partial charge in [-0.1, -0.05) is 122 Å². The molecule has 0 fully saturated rings. The molecule has 0 saturated carbocycles. The van der Waals surface area contributed by atoms with Crippen molar-refractivity contribution in [3.63, 3.8) is 0 Å². The van der Waals surface area contributed by atoms with Gasteiger partial charge in [-0.05, 0) is 81.3 Å². The summed E-state index contributed by atoms with van der Waals surface area (Å²) in [7, 11) is 0. The van der Waals surface area contributed by atoms with Gasteiger partial charge in [0.1, 0.15) is 11.2 Å². The number of anilines is 3. The number of nitrogens with zero attached hydrogens (tertiary/aromatic N) is 1. The SMILES string of the molecule is CC1(C)c2ccccc2N(c2ccc(B3c4oc5ccccc5c4B(c4ccc5sccc5c4)c4oc5ccccc5c43)cc2)c2ccccc21. The minimum absolute atomic E-state index is 0.101. The van der Waals surface area contributed by atoms with Gasteiger partial charge >= 0.3 is 0 Å². The van der Waals surface area contributed by atoms with E-state index >= 15 is 0 Å². The van der Waals surface area contributed by atoms with Crippen molar-refractivity contribution < 1.29 is 8.83 Å². The lowest BCUT2D eigenvalue weighted by molar-refractivity contribution is 0.632. The van der Waals surface area contributed by atoms with Crippen molar-refractivity contribution in [1.82, 2.24) is 0 Å². The van der Waals surface area contributed by atoms with Crippen LogP contribution in [0.5, 0.6) is 0 Å². The van der Waals surface area contributed by atoms with Crippen LogP contribution in [0.15, 0.2) is 160 Å². The van der Waals surface area contributed by atoms with Crippen molar-refractivity contribution in [2.75, 3.05) is 4.90 Å². The number of furan rings is 2. The summed E-state index contributed by atoms with van der Waals surface area (Å²) in [6, 6.07) is 52.8. The minimum Gasteiger partial charge on any atom is -0.471 e. The first-order chi connectivity index (χ1) is 25.1. The molecule has 5 heterocycles. The maximum Gasteiger partial charge on any atom is 0.290 e. The van der Waals surface area contributed by atoms with Crippen LogP contribution in [0, 0.1) is 0 Å². The van der Waals surface area contributed by atoms with Crippen molar-refractivity contribution >= 4 is 107 Å². The second kappa shape index (κ2) is 10.6. The first kappa shape index (κ1) is 29.1. The van der Waals surface area contributed by atoms with E-state index in [0.717, 1.165) is 38.9 Å². The van der Waals surface area contributed by atoms with Gasteiger partial charge in [0.25, 0.3) is 13.4 Å². The molecule has 51 heavy (non-hydrogen) atoms. The molecule has 0 atom stereocenters. The molecule has 9 aromatic rings. The predicted octanol–water partition coefficient (Wildman–Crippen LogP) is 7.85. The first-order valence-electron chi connectivity index (χ1n) is 17.7. The lowest BCUT2D eigenvalue weighted by atomic mass is 9.24. The number of fused-ring (bicyclic) bond motifs is 9. The Kier molecular flexibility index (Phi) is 6.07. The first-order valence-corrected chi connectivity index (χ1v) is 18.5. The molecule has 240 valence electrons. The molecule has 2 aliphatic rings. The Labute approximate surface area is 300 Å². The fraction of sp³-hybridized carbons (Fsp3) is 0.0667. The van der Waals surface area contributed by atoms with Gasteiger partial charge in [0.15, 0.2) is 0 Å². The van der Waals surface area contributed by atoms with E-state index in [1.54, 1.807) is 11.3 Å². The molecule has 0 aliphatic carbocycles. The fourth-order valence-electron chi connectivity index (χ4n) is 9.02. The summed E-state index contributed by atoms with van der Waals surface area (Å²) in [5.74, 6) is 0. The molecule has 0 saturated heterocycles. The summed E-state index contributed by atoms with van der Waals surface area (Å²) < 4.78 is 15.2. The van der Waals surface area contributed by atoms with Crippen molar-refractivity contribution in [3.8, 4) is 0 Å². The van der Waals surface area contributed by atoms with Crippen LogP contribution in [0.4, 0.5) is 17.1 Å². The Morgan fingerprint density at radius 3 is 1.71 bits per heavy atom. The number of rotatable bonds is 3. The van der Waals surface area contributed by atoms with Gasteiger partial charge < -0.3 is 13.7 Å². The van der Waals surface area contributed by atoms with Gasteiger partial charge in [-0.15, -0.1) is 11.3 Å². The second-order valence-electron chi connectivity index (χ2n) is 14.4. The maximum atomic E-state index is 6.97. The Balaban J connectivity index is 1.13. The number of hydrogen-bond acceptors (Lipinski definition) is 4. The molecular formula is C45H31B2NO2S. The summed E-state index contributed by atoms with van der Waals surface area (Å²) in [5.41, 5.74) is 14.7. The topological polar surface area (TPSA) is 29.5 Å². The monoisotopic (exact) mass is 671 g/mol. The Morgan fingerprint density at radius 1 is 0.549 bits per heavy atom. The molecule has 0 radical (unpaired) electrons. The van der Waals surface area contributed by atoms with Crippen molar-refractivity contribution in [2.45, 2.75) is 19.3 Å². The molecular weight excluding hydrogens is 640 g/mol. The quantitative estimate of drug-likeness (QED) is 0.179. The van der Waals surface area contributed by atoms with Crippen LogP contribution < -0.4 is 38.1 Å². The highest BCUT2D eigenvalue weighted by Gasteiger charge is 2.47. The van der Waals surface area contributed by atoms with Crippen LogP contribution in [-0.2, 0) is 5.41 Å². The molecule has 0 spiro atoms. The number of benzene rings is 6. The van der Waals surface area contributed by atoms with Crippen molar-refractivity contribution in [3.05, 3.63) is 162 Å². The lowest BCUT2D eigenvalue weighted by Crippen LogP contribution is -2.73. The van der Waals surface area contributed by atoms with E-state index in [4.69, 9.17) is 8.83 Å².